The molecule has 9 atom stereocenters. The fourth-order valence-corrected chi connectivity index (χ4v) is 14.4. The Labute approximate surface area is 891 Å². The molecule has 0 radical (unpaired) electrons. The minimum atomic E-state index is -1.26. The second-order valence-corrected chi connectivity index (χ2v) is 37.6. The molecule has 2 aliphatic heterocycles. The number of carbonyl (C=O) groups excluding carboxylic acids is 8. The number of rotatable bonds is 95. The molecule has 2 aliphatic rings. The Morgan fingerprint density at radius 1 is 0.460 bits per heavy atom. The molecular weight excluding hydrogens is 1990 g/mol. The van der Waals surface area contributed by atoms with Crippen LogP contribution in [-0.4, -0.2) is 432 Å². The number of nitrogens with one attached hydrogen (secondary N) is 7. The fraction of sp³-hybridized carbons (Fsp3) is 0.781. The van der Waals surface area contributed by atoms with Gasteiger partial charge in [-0.3, -0.25) is 38.4 Å². The zero-order valence-electron chi connectivity index (χ0n) is 90.7. The minimum Gasteiger partial charge on any atom is -0.495 e. The van der Waals surface area contributed by atoms with Crippen molar-refractivity contribution in [3.05, 3.63) is 76.3 Å². The van der Waals surface area contributed by atoms with Crippen LogP contribution in [0.15, 0.2) is 54.6 Å². The Kier molecular flexibility index (Phi) is 78.8. The van der Waals surface area contributed by atoms with E-state index < -0.39 is 119 Å². The largest absolute Gasteiger partial charge is 0.495 e. The molecule has 45 heteroatoms. The molecule has 2 heterocycles. The SMILES string of the molecule is COCCOCCOCCOCCOCCOCCOCCOCCOCCOCCOCCOCCOCCOCCOCCOCCOCCOCCOCCOCCOCCOCCOCCOCCC(=O)NCCCC[C@H](NC(=O)[C@@H](NC(=O)CCCC(=O)O)C(C)C)C(=O)NCc1ccc([C@H]2O[C@@H]2[C@@H](C)[C@@H]2C/C=C/C(=O)N[C@H](Cc3ccc(OC)c(Cl)c3)C(=O)N[C@@H](C)C(C)(C)C(=O)N[C@@H](CC(C)(C)C)C(=O)O2)cc1. The van der Waals surface area contributed by atoms with Gasteiger partial charge < -0.3 is 170 Å². The van der Waals surface area contributed by atoms with E-state index in [9.17, 15) is 43.2 Å². The normalized spacial score (nSPS) is 17.4. The molecule has 150 heavy (non-hydrogen) atoms. The standard InChI is InChI=1S/C105H178ClN7O37/c1-80(2)96(113-94(116)19-15-20-95(117)118)101(121)111-87(99(119)108-79-83-21-24-85(25-22-83)98-97(150-98)81(3)90-17-14-18-93(115)110-88(77-84-23-26-91(125-11)86(106)76-84)100(120)109-82(4)105(8,9)103(123)112-89(102(122)149-90)78-104(5,6)7)16-12-13-28-107-92(114)27-29-126-32-33-128-36-37-130-40-41-132-44-45-134-48-49-136-52-53-138-56-57-140-60-61-142-64-65-144-68-69-146-72-73-148-75-74-147-71-70-145-67-66-143-63-62-141-59-58-139-55-54-137-51-50-135-47-46-133-43-42-131-39-38-129-35-34-127-31-30-124-10/h14,18,21-26,76,80-82,87-90,96-98H,12-13,15-17,19-20,27-75,77-79H2,1-11H3,(H,107,114)(H,108,119)(H,109,120)(H,110,115)(H,111,121)(H,112,123)(H,113,116)(H,117,118)/b18-14+/t81-,82-,87-,88+,89-,90-,96-,97+,98+/m0/s1. The van der Waals surface area contributed by atoms with Gasteiger partial charge in [0.05, 0.1) is 334 Å². The topological polar surface area (TPSA) is 511 Å². The quantitative estimate of drug-likeness (QED) is 0.0224. The zero-order valence-corrected chi connectivity index (χ0v) is 91.5. The molecular formula is C105H178ClN7O37. The highest BCUT2D eigenvalue weighted by Gasteiger charge is 2.48. The lowest BCUT2D eigenvalue weighted by Gasteiger charge is -2.35. The van der Waals surface area contributed by atoms with Gasteiger partial charge in [0.15, 0.2) is 0 Å². The van der Waals surface area contributed by atoms with Crippen LogP contribution in [0.25, 0.3) is 0 Å². The number of benzene rings is 2. The number of hydrogen-bond acceptors (Lipinski definition) is 36. The first kappa shape index (κ1) is 135. The van der Waals surface area contributed by atoms with E-state index in [1.165, 1.54) is 13.2 Å². The summed E-state index contributed by atoms with van der Waals surface area (Å²) >= 11 is 6.46. The van der Waals surface area contributed by atoms with Gasteiger partial charge in [-0.25, -0.2) is 4.79 Å². The first-order valence-electron chi connectivity index (χ1n) is 52.6. The number of halogens is 1. The molecule has 1 fully saturated rings. The third-order valence-electron chi connectivity index (χ3n) is 23.1. The summed E-state index contributed by atoms with van der Waals surface area (Å²) in [5.41, 5.74) is 0.449. The van der Waals surface area contributed by atoms with E-state index in [-0.39, 0.29) is 83.6 Å². The summed E-state index contributed by atoms with van der Waals surface area (Å²) in [5.74, 6) is -5.60. The highest BCUT2D eigenvalue weighted by atomic mass is 35.5. The maximum atomic E-state index is 14.4. The van der Waals surface area contributed by atoms with Crippen LogP contribution in [0.2, 0.25) is 5.02 Å². The van der Waals surface area contributed by atoms with E-state index in [1.54, 1.807) is 66.0 Å². The van der Waals surface area contributed by atoms with Gasteiger partial charge in [-0.15, -0.1) is 0 Å². The van der Waals surface area contributed by atoms with E-state index in [0.29, 0.717) is 332 Å². The molecule has 2 aromatic carbocycles. The molecule has 7 amide bonds. The van der Waals surface area contributed by atoms with Crippen LogP contribution in [0.5, 0.6) is 5.75 Å². The van der Waals surface area contributed by atoms with Crippen molar-refractivity contribution < 1.29 is 176 Å². The predicted octanol–water partition coefficient (Wildman–Crippen LogP) is 5.68. The molecule has 0 bridgehead atoms. The number of carboxylic acids is 1. The Balaban J connectivity index is 0.942. The number of unbranched alkanes of at least 4 members (excludes halogenated alkanes) is 1. The third kappa shape index (κ3) is 69.4. The number of esters is 1. The van der Waals surface area contributed by atoms with Gasteiger partial charge in [0.1, 0.15) is 42.1 Å². The highest BCUT2D eigenvalue weighted by Crippen LogP contribution is 2.45. The van der Waals surface area contributed by atoms with Gasteiger partial charge in [0.2, 0.25) is 41.4 Å². The predicted molar refractivity (Wildman–Crippen MR) is 552 cm³/mol. The molecule has 8 N–H and O–H groups in total. The monoisotopic (exact) mass is 2160 g/mol. The van der Waals surface area contributed by atoms with Crippen LogP contribution in [-0.2, 0) is 179 Å². The van der Waals surface area contributed by atoms with E-state index in [4.69, 9.17) is 145 Å². The van der Waals surface area contributed by atoms with Crippen molar-refractivity contribution in [3.63, 3.8) is 0 Å². The molecule has 1 saturated heterocycles. The van der Waals surface area contributed by atoms with Gasteiger partial charge >= 0.3 is 11.9 Å². The molecule has 0 aromatic heterocycles. The van der Waals surface area contributed by atoms with Gasteiger partial charge in [-0.2, -0.15) is 0 Å². The van der Waals surface area contributed by atoms with E-state index >= 15 is 0 Å². The maximum Gasteiger partial charge on any atom is 0.328 e. The maximum absolute atomic E-state index is 14.4. The summed E-state index contributed by atoms with van der Waals surface area (Å²) < 4.78 is 150. The number of aliphatic carboxylic acids is 1. The Bertz CT molecular complexity index is 3860. The summed E-state index contributed by atoms with van der Waals surface area (Å²) in [6.45, 7) is 37.6. The number of amides is 7. The molecule has 862 valence electrons. The van der Waals surface area contributed by atoms with Crippen LogP contribution in [0.1, 0.15) is 143 Å². The van der Waals surface area contributed by atoms with Crippen molar-refractivity contribution in [2.75, 3.05) is 331 Å². The number of cyclic esters (lactones) is 1. The number of ether oxygens (including phenoxy) is 27. The van der Waals surface area contributed by atoms with Gasteiger partial charge in [0, 0.05) is 64.3 Å². The summed E-state index contributed by atoms with van der Waals surface area (Å²) in [7, 11) is 3.12. The number of methoxy groups -OCH3 is 2. The summed E-state index contributed by atoms with van der Waals surface area (Å²) in [4.78, 5) is 121. The van der Waals surface area contributed by atoms with Crippen LogP contribution >= 0.6 is 11.6 Å². The Morgan fingerprint density at radius 2 is 0.853 bits per heavy atom. The lowest BCUT2D eigenvalue weighted by Crippen LogP contribution is -2.58. The van der Waals surface area contributed by atoms with Crippen LogP contribution in [0.4, 0.5) is 0 Å². The molecule has 2 aromatic rings. The van der Waals surface area contributed by atoms with Gasteiger partial charge in [-0.05, 0) is 99.1 Å². The minimum absolute atomic E-state index is 0.0540. The van der Waals surface area contributed by atoms with Crippen molar-refractivity contribution in [2.45, 2.75) is 182 Å². The van der Waals surface area contributed by atoms with Crippen molar-refractivity contribution in [1.82, 2.24) is 37.2 Å². The lowest BCUT2D eigenvalue weighted by atomic mass is 9.82. The van der Waals surface area contributed by atoms with Gasteiger partial charge in [-0.1, -0.05) is 89.6 Å². The summed E-state index contributed by atoms with van der Waals surface area (Å²) in [6, 6.07) is 7.39. The van der Waals surface area contributed by atoms with Crippen LogP contribution in [0.3, 0.4) is 0 Å². The summed E-state index contributed by atoms with van der Waals surface area (Å²) in [5, 5.41) is 29.5. The average Bonchev–Trinajstić information content (AvgIpc) is 1.63. The van der Waals surface area contributed by atoms with Crippen molar-refractivity contribution in [2.24, 2.45) is 22.7 Å². The Hall–Kier alpha value is -7.50. The first-order chi connectivity index (χ1) is 72.6. The second kappa shape index (κ2) is 87.7. The molecule has 4 rings (SSSR count). The molecule has 0 unspecified atom stereocenters. The number of carbonyl (C=O) groups is 9. The highest BCUT2D eigenvalue weighted by molar-refractivity contribution is 6.32. The van der Waals surface area contributed by atoms with E-state index in [1.807, 2.05) is 52.0 Å². The number of hydrogen-bond donors (Lipinski definition) is 8. The molecule has 0 saturated carbocycles. The molecule has 0 spiro atoms. The second-order valence-electron chi connectivity index (χ2n) is 37.2. The van der Waals surface area contributed by atoms with E-state index in [0.717, 1.165) is 5.56 Å². The summed E-state index contributed by atoms with van der Waals surface area (Å²) in [6.07, 6.45) is 2.36. The Morgan fingerprint density at radius 3 is 1.23 bits per heavy atom. The smallest absolute Gasteiger partial charge is 0.328 e. The van der Waals surface area contributed by atoms with Gasteiger partial charge in [0.25, 0.3) is 0 Å². The van der Waals surface area contributed by atoms with Crippen molar-refractivity contribution in [1.29, 1.82) is 0 Å². The number of epoxide rings is 1. The van der Waals surface area contributed by atoms with Crippen molar-refractivity contribution in [3.8, 4) is 5.75 Å². The molecule has 44 nitrogen and oxygen atoms in total. The molecule has 0 aliphatic carbocycles. The average molecular weight is 2170 g/mol. The fourth-order valence-electron chi connectivity index (χ4n) is 14.1. The zero-order chi connectivity index (χ0) is 109. The lowest BCUT2D eigenvalue weighted by molar-refractivity contribution is -0.157. The van der Waals surface area contributed by atoms with Crippen LogP contribution in [0, 0.1) is 22.7 Å². The van der Waals surface area contributed by atoms with E-state index in [2.05, 4.69) is 37.2 Å². The number of carboxylic acid groups (broad SMARTS) is 1. The van der Waals surface area contributed by atoms with Crippen molar-refractivity contribution >= 4 is 64.9 Å². The van der Waals surface area contributed by atoms with Crippen LogP contribution < -0.4 is 42.0 Å². The third-order valence-corrected chi connectivity index (χ3v) is 23.4. The first-order valence-corrected chi connectivity index (χ1v) is 53.0.